The summed E-state index contributed by atoms with van der Waals surface area (Å²) in [5.41, 5.74) is 5.28. The summed E-state index contributed by atoms with van der Waals surface area (Å²) < 4.78 is 1.94. The third-order valence-corrected chi connectivity index (χ3v) is 3.51. The molecule has 1 amide bonds. The van der Waals surface area contributed by atoms with Crippen molar-refractivity contribution in [1.82, 2.24) is 20.1 Å². The van der Waals surface area contributed by atoms with Crippen LogP contribution in [0.15, 0.2) is 10.9 Å². The van der Waals surface area contributed by atoms with E-state index in [0.29, 0.717) is 12.2 Å². The van der Waals surface area contributed by atoms with E-state index in [2.05, 4.69) is 22.3 Å². The molecular formula is C12H16N4OS. The van der Waals surface area contributed by atoms with Gasteiger partial charge in [0.05, 0.1) is 11.2 Å². The first-order valence-electron chi connectivity index (χ1n) is 5.82. The van der Waals surface area contributed by atoms with E-state index < -0.39 is 0 Å². The van der Waals surface area contributed by atoms with Gasteiger partial charge in [0.15, 0.2) is 0 Å². The first-order valence-corrected chi connectivity index (χ1v) is 6.77. The lowest BCUT2D eigenvalue weighted by Gasteiger charge is -2.04. The molecule has 1 N–H and O–H groups in total. The highest BCUT2D eigenvalue weighted by Crippen LogP contribution is 2.12. The fourth-order valence-corrected chi connectivity index (χ4v) is 2.41. The van der Waals surface area contributed by atoms with Gasteiger partial charge in [0.1, 0.15) is 5.69 Å². The standard InChI is InChI=1S/C12H16N4OS/c1-4-16-9(3)10(8(2)15-16)5-13-12(17)11-6-18-7-14-11/h6-7H,4-5H2,1-3H3,(H,13,17). The Morgan fingerprint density at radius 1 is 1.50 bits per heavy atom. The fourth-order valence-electron chi connectivity index (χ4n) is 1.88. The van der Waals surface area contributed by atoms with Crippen molar-refractivity contribution in [2.24, 2.45) is 0 Å². The highest BCUT2D eigenvalue weighted by molar-refractivity contribution is 7.07. The number of nitrogens with one attached hydrogen (secondary N) is 1. The van der Waals surface area contributed by atoms with Crippen LogP contribution in [-0.4, -0.2) is 20.7 Å². The molecule has 0 fully saturated rings. The van der Waals surface area contributed by atoms with Gasteiger partial charge in [-0.25, -0.2) is 4.98 Å². The van der Waals surface area contributed by atoms with Gasteiger partial charge in [-0.05, 0) is 20.8 Å². The normalized spacial score (nSPS) is 10.6. The Labute approximate surface area is 110 Å². The molecule has 5 nitrogen and oxygen atoms in total. The molecule has 96 valence electrons. The average molecular weight is 264 g/mol. The molecule has 2 rings (SSSR count). The molecule has 2 heterocycles. The molecule has 0 aliphatic carbocycles. The topological polar surface area (TPSA) is 59.8 Å². The average Bonchev–Trinajstić information content (AvgIpc) is 2.96. The molecule has 0 unspecified atom stereocenters. The van der Waals surface area contributed by atoms with Crippen LogP contribution < -0.4 is 5.32 Å². The van der Waals surface area contributed by atoms with Crippen molar-refractivity contribution < 1.29 is 4.79 Å². The van der Waals surface area contributed by atoms with E-state index in [-0.39, 0.29) is 5.91 Å². The molecule has 0 atom stereocenters. The quantitative estimate of drug-likeness (QED) is 0.917. The van der Waals surface area contributed by atoms with E-state index in [1.807, 2.05) is 18.5 Å². The number of aryl methyl sites for hydroxylation is 2. The zero-order valence-corrected chi connectivity index (χ0v) is 11.5. The van der Waals surface area contributed by atoms with E-state index in [0.717, 1.165) is 23.5 Å². The summed E-state index contributed by atoms with van der Waals surface area (Å²) in [7, 11) is 0. The van der Waals surface area contributed by atoms with Gasteiger partial charge in [0.2, 0.25) is 0 Å². The minimum atomic E-state index is -0.140. The summed E-state index contributed by atoms with van der Waals surface area (Å²) in [6.45, 7) is 7.37. The molecule has 0 aromatic carbocycles. The van der Waals surface area contributed by atoms with Gasteiger partial charge in [-0.2, -0.15) is 5.10 Å². The second kappa shape index (κ2) is 5.30. The van der Waals surface area contributed by atoms with E-state index in [4.69, 9.17) is 0 Å². The van der Waals surface area contributed by atoms with Gasteiger partial charge in [0.25, 0.3) is 5.91 Å². The van der Waals surface area contributed by atoms with Gasteiger partial charge in [-0.3, -0.25) is 9.48 Å². The highest BCUT2D eigenvalue weighted by atomic mass is 32.1. The van der Waals surface area contributed by atoms with Gasteiger partial charge >= 0.3 is 0 Å². The number of hydrogen-bond acceptors (Lipinski definition) is 4. The second-order valence-corrected chi connectivity index (χ2v) is 4.74. The minimum absolute atomic E-state index is 0.140. The Hall–Kier alpha value is -1.69. The summed E-state index contributed by atoms with van der Waals surface area (Å²) in [4.78, 5) is 15.8. The maximum Gasteiger partial charge on any atom is 0.271 e. The monoisotopic (exact) mass is 264 g/mol. The molecule has 0 bridgehead atoms. The molecule has 0 spiro atoms. The van der Waals surface area contributed by atoms with Crippen molar-refractivity contribution in [3.63, 3.8) is 0 Å². The molecule has 0 saturated heterocycles. The van der Waals surface area contributed by atoms with Crippen molar-refractivity contribution in [3.05, 3.63) is 33.5 Å². The molecule has 2 aromatic heterocycles. The number of aromatic nitrogens is 3. The molecular weight excluding hydrogens is 248 g/mol. The lowest BCUT2D eigenvalue weighted by atomic mass is 10.2. The first kappa shape index (κ1) is 12.8. The Kier molecular flexibility index (Phi) is 3.76. The lowest BCUT2D eigenvalue weighted by molar-refractivity contribution is 0.0946. The maximum atomic E-state index is 11.8. The van der Waals surface area contributed by atoms with E-state index in [9.17, 15) is 4.79 Å². The smallest absolute Gasteiger partial charge is 0.271 e. The van der Waals surface area contributed by atoms with Crippen molar-refractivity contribution in [3.8, 4) is 0 Å². The van der Waals surface area contributed by atoms with E-state index in [1.54, 1.807) is 10.9 Å². The van der Waals surface area contributed by atoms with E-state index in [1.165, 1.54) is 11.3 Å². The number of rotatable bonds is 4. The number of hydrogen-bond donors (Lipinski definition) is 1. The summed E-state index contributed by atoms with van der Waals surface area (Å²) in [5, 5.41) is 9.03. The molecule has 6 heteroatoms. The Bertz CT molecular complexity index is 545. The number of thiazole rings is 1. The van der Waals surface area contributed by atoms with Crippen LogP contribution in [0.3, 0.4) is 0 Å². The van der Waals surface area contributed by atoms with Crippen LogP contribution in [0.4, 0.5) is 0 Å². The second-order valence-electron chi connectivity index (χ2n) is 4.02. The van der Waals surface area contributed by atoms with Crippen LogP contribution in [0.25, 0.3) is 0 Å². The fraction of sp³-hybridized carbons (Fsp3) is 0.417. The predicted molar refractivity (Wildman–Crippen MR) is 70.7 cm³/mol. The Morgan fingerprint density at radius 3 is 2.83 bits per heavy atom. The summed E-state index contributed by atoms with van der Waals surface area (Å²) in [6, 6.07) is 0. The van der Waals surface area contributed by atoms with Crippen LogP contribution >= 0.6 is 11.3 Å². The first-order chi connectivity index (χ1) is 8.63. The number of amides is 1. The van der Waals surface area contributed by atoms with Crippen LogP contribution in [0, 0.1) is 13.8 Å². The summed E-state index contributed by atoms with van der Waals surface area (Å²) >= 11 is 1.42. The van der Waals surface area contributed by atoms with Crippen molar-refractivity contribution in [2.75, 3.05) is 0 Å². The molecule has 2 aromatic rings. The molecule has 0 aliphatic rings. The minimum Gasteiger partial charge on any atom is -0.346 e. The van der Waals surface area contributed by atoms with Crippen LogP contribution in [0.5, 0.6) is 0 Å². The predicted octanol–water partition coefficient (Wildman–Crippen LogP) is 1.91. The zero-order valence-electron chi connectivity index (χ0n) is 10.7. The third-order valence-electron chi connectivity index (χ3n) is 2.92. The largest absolute Gasteiger partial charge is 0.346 e. The van der Waals surface area contributed by atoms with Crippen LogP contribution in [0.1, 0.15) is 34.4 Å². The molecule has 0 radical (unpaired) electrons. The lowest BCUT2D eigenvalue weighted by Crippen LogP contribution is -2.23. The summed E-state index contributed by atoms with van der Waals surface area (Å²) in [5.74, 6) is -0.140. The SMILES string of the molecule is CCn1nc(C)c(CNC(=O)c2cscn2)c1C. The number of carbonyl (C=O) groups excluding carboxylic acids is 1. The molecule has 18 heavy (non-hydrogen) atoms. The van der Waals surface area contributed by atoms with Crippen molar-refractivity contribution in [1.29, 1.82) is 0 Å². The van der Waals surface area contributed by atoms with Gasteiger partial charge in [-0.1, -0.05) is 0 Å². The number of nitrogens with zero attached hydrogens (tertiary/aromatic N) is 3. The zero-order chi connectivity index (χ0) is 13.1. The molecule has 0 saturated carbocycles. The molecule has 0 aliphatic heterocycles. The van der Waals surface area contributed by atoms with Crippen molar-refractivity contribution in [2.45, 2.75) is 33.9 Å². The van der Waals surface area contributed by atoms with Crippen molar-refractivity contribution >= 4 is 17.2 Å². The van der Waals surface area contributed by atoms with Gasteiger partial charge in [-0.15, -0.1) is 11.3 Å². The van der Waals surface area contributed by atoms with Crippen LogP contribution in [0.2, 0.25) is 0 Å². The Morgan fingerprint density at radius 2 is 2.28 bits per heavy atom. The Balaban J connectivity index is 2.07. The van der Waals surface area contributed by atoms with Gasteiger partial charge in [0, 0.05) is 29.7 Å². The van der Waals surface area contributed by atoms with E-state index >= 15 is 0 Å². The third kappa shape index (κ3) is 2.43. The number of carbonyl (C=O) groups is 1. The maximum absolute atomic E-state index is 11.8. The van der Waals surface area contributed by atoms with Gasteiger partial charge < -0.3 is 5.32 Å². The highest BCUT2D eigenvalue weighted by Gasteiger charge is 2.13. The van der Waals surface area contributed by atoms with Crippen LogP contribution in [-0.2, 0) is 13.1 Å². The summed E-state index contributed by atoms with van der Waals surface area (Å²) in [6.07, 6.45) is 0.